The largest absolute Gasteiger partial charge is 0.493 e. The number of allylic oxidation sites excluding steroid dienone is 1. The summed E-state index contributed by atoms with van der Waals surface area (Å²) in [4.78, 5) is 46.2. The number of ether oxygens (including phenoxy) is 3. The van der Waals surface area contributed by atoms with Gasteiger partial charge in [-0.3, -0.25) is 19.4 Å². The van der Waals surface area contributed by atoms with E-state index in [2.05, 4.69) is 4.98 Å². The van der Waals surface area contributed by atoms with E-state index in [0.29, 0.717) is 22.4 Å². The SMILES string of the molecule is [2H]C([2H])([2H])NC(=O)C1=C(c2ccc(F)cc2)C(=O)C(C(N)=O)(c2ccc(Oc3ccnc4cc(OC)c(OC)cc34)c(F)c2)CN1C. The van der Waals surface area contributed by atoms with Gasteiger partial charge in [-0.25, -0.2) is 8.78 Å². The Bertz CT molecular complexity index is 1950. The highest BCUT2D eigenvalue weighted by Gasteiger charge is 2.53. The summed E-state index contributed by atoms with van der Waals surface area (Å²) in [6, 6.07) is 12.6. The number of aromatic nitrogens is 1. The molecule has 44 heavy (non-hydrogen) atoms. The molecule has 2 heterocycles. The van der Waals surface area contributed by atoms with E-state index in [1.165, 1.54) is 62.7 Å². The van der Waals surface area contributed by atoms with Crippen LogP contribution >= 0.6 is 0 Å². The number of likely N-dealkylation sites (N-methyl/N-ethyl adjacent to an activating group) is 2. The van der Waals surface area contributed by atoms with Crippen LogP contribution in [0.4, 0.5) is 8.78 Å². The maximum Gasteiger partial charge on any atom is 0.268 e. The van der Waals surface area contributed by atoms with E-state index in [1.54, 1.807) is 12.1 Å². The third-order valence-electron chi connectivity index (χ3n) is 7.44. The van der Waals surface area contributed by atoms with Crippen LogP contribution in [0, 0.1) is 11.6 Å². The van der Waals surface area contributed by atoms with Crippen LogP contribution in [-0.2, 0) is 19.8 Å². The topological polar surface area (TPSA) is 133 Å². The number of methoxy groups -OCH3 is 2. The van der Waals surface area contributed by atoms with Gasteiger partial charge in [0, 0.05) is 42.3 Å². The summed E-state index contributed by atoms with van der Waals surface area (Å²) >= 11 is 0. The second-order valence-corrected chi connectivity index (χ2v) is 9.92. The van der Waals surface area contributed by atoms with Crippen LogP contribution in [0.2, 0.25) is 0 Å². The maximum absolute atomic E-state index is 15.8. The van der Waals surface area contributed by atoms with Crippen LogP contribution in [0.15, 0.2) is 72.6 Å². The third kappa shape index (κ3) is 4.93. The van der Waals surface area contributed by atoms with Crippen molar-refractivity contribution in [3.05, 3.63) is 95.3 Å². The Balaban J connectivity index is 1.61. The first kappa shape index (κ1) is 26.1. The number of hydrogen-bond donors (Lipinski definition) is 2. The number of amides is 2. The van der Waals surface area contributed by atoms with E-state index in [-0.39, 0.29) is 22.6 Å². The van der Waals surface area contributed by atoms with Gasteiger partial charge in [0.1, 0.15) is 17.3 Å². The lowest BCUT2D eigenvalue weighted by atomic mass is 9.69. The van der Waals surface area contributed by atoms with Crippen LogP contribution in [0.25, 0.3) is 16.5 Å². The van der Waals surface area contributed by atoms with Crippen molar-refractivity contribution in [1.82, 2.24) is 15.2 Å². The lowest BCUT2D eigenvalue weighted by molar-refractivity contribution is -0.134. The van der Waals surface area contributed by atoms with Crippen molar-refractivity contribution in [1.29, 1.82) is 0 Å². The molecule has 1 aromatic heterocycles. The average Bonchev–Trinajstić information content (AvgIpc) is 3.01. The first-order valence-electron chi connectivity index (χ1n) is 14.6. The number of carbonyl (C=O) groups excluding carboxylic acids is 3. The summed E-state index contributed by atoms with van der Waals surface area (Å²) in [6.07, 6.45) is 1.46. The molecule has 0 aliphatic carbocycles. The van der Waals surface area contributed by atoms with Gasteiger partial charge in [0.25, 0.3) is 5.91 Å². The van der Waals surface area contributed by atoms with Gasteiger partial charge in [-0.15, -0.1) is 0 Å². The van der Waals surface area contributed by atoms with Crippen LogP contribution in [0.1, 0.15) is 15.2 Å². The number of rotatable bonds is 8. The van der Waals surface area contributed by atoms with Gasteiger partial charge >= 0.3 is 0 Å². The summed E-state index contributed by atoms with van der Waals surface area (Å²) < 4.78 is 68.6. The van der Waals surface area contributed by atoms with Crippen LogP contribution < -0.4 is 25.3 Å². The number of primary amides is 1. The van der Waals surface area contributed by atoms with Gasteiger partial charge in [-0.1, -0.05) is 18.2 Å². The molecule has 1 unspecified atom stereocenters. The lowest BCUT2D eigenvalue weighted by Crippen LogP contribution is -2.58. The standard InChI is InChI=1S/C32H28F2N4O6/c1-36-30(40)28-27(17-5-8-19(33)9-6-17)29(39)32(31(35)41,16-38(28)2)18-7-10-24(21(34)13-18)44-23-11-12-37-22-15-26(43-4)25(42-3)14-20(22)23/h5-15H,16H2,1-4H3,(H2,35,41)(H,36,40)/i1D3. The molecule has 12 heteroatoms. The minimum absolute atomic E-state index is 0.00122. The van der Waals surface area contributed by atoms with E-state index >= 15 is 4.39 Å². The third-order valence-corrected chi connectivity index (χ3v) is 7.44. The minimum Gasteiger partial charge on any atom is -0.493 e. The van der Waals surface area contributed by atoms with Gasteiger partial charge in [-0.2, -0.15) is 0 Å². The zero-order chi connectivity index (χ0) is 34.3. The molecule has 10 nitrogen and oxygen atoms in total. The van der Waals surface area contributed by atoms with Gasteiger partial charge in [0.05, 0.1) is 25.3 Å². The summed E-state index contributed by atoms with van der Waals surface area (Å²) in [5, 5.41) is 2.31. The zero-order valence-corrected chi connectivity index (χ0v) is 23.7. The zero-order valence-electron chi connectivity index (χ0n) is 26.7. The van der Waals surface area contributed by atoms with Crippen molar-refractivity contribution in [3.8, 4) is 23.0 Å². The Labute approximate surface area is 255 Å². The molecule has 0 fully saturated rings. The first-order chi connectivity index (χ1) is 22.2. The average molecular weight is 606 g/mol. The normalized spacial score (nSPS) is 17.9. The molecule has 2 amide bonds. The van der Waals surface area contributed by atoms with Gasteiger partial charge in [-0.05, 0) is 47.5 Å². The monoisotopic (exact) mass is 605 g/mol. The molecular formula is C32H28F2N4O6. The first-order valence-corrected chi connectivity index (χ1v) is 13.1. The Morgan fingerprint density at radius 3 is 2.34 bits per heavy atom. The Morgan fingerprint density at radius 2 is 1.70 bits per heavy atom. The van der Waals surface area contributed by atoms with E-state index in [4.69, 9.17) is 24.1 Å². The number of hydrogen-bond acceptors (Lipinski definition) is 8. The quantitative estimate of drug-likeness (QED) is 0.291. The van der Waals surface area contributed by atoms with E-state index in [0.717, 1.165) is 18.2 Å². The molecule has 0 spiro atoms. The molecule has 1 aliphatic heterocycles. The van der Waals surface area contributed by atoms with Gasteiger partial charge < -0.3 is 30.2 Å². The number of ketones is 1. The van der Waals surface area contributed by atoms with Gasteiger partial charge in [0.2, 0.25) is 5.91 Å². The number of carbonyl (C=O) groups is 3. The van der Waals surface area contributed by atoms with Crippen molar-refractivity contribution >= 4 is 34.1 Å². The van der Waals surface area contributed by atoms with E-state index in [1.807, 2.05) is 5.32 Å². The summed E-state index contributed by atoms with van der Waals surface area (Å²) in [7, 11) is 4.27. The van der Waals surface area contributed by atoms with Crippen molar-refractivity contribution in [3.63, 3.8) is 0 Å². The van der Waals surface area contributed by atoms with Crippen molar-refractivity contribution in [2.45, 2.75) is 5.41 Å². The fourth-order valence-electron chi connectivity index (χ4n) is 5.31. The molecule has 226 valence electrons. The number of nitrogens with one attached hydrogen (secondary N) is 1. The van der Waals surface area contributed by atoms with Crippen LogP contribution in [-0.4, -0.2) is 62.3 Å². The molecule has 3 N–H and O–H groups in total. The molecule has 0 radical (unpaired) electrons. The van der Waals surface area contributed by atoms with Crippen molar-refractivity contribution < 1.29 is 41.5 Å². The molecule has 1 aliphatic rings. The number of pyridine rings is 1. The van der Waals surface area contributed by atoms with Crippen molar-refractivity contribution in [2.24, 2.45) is 5.73 Å². The Hall–Kier alpha value is -5.52. The molecule has 4 aromatic rings. The van der Waals surface area contributed by atoms with Crippen LogP contribution in [0.3, 0.4) is 0 Å². The Morgan fingerprint density at radius 1 is 1.00 bits per heavy atom. The molecule has 0 saturated heterocycles. The molecule has 1 atom stereocenters. The lowest BCUT2D eigenvalue weighted by Gasteiger charge is -2.41. The molecule has 0 bridgehead atoms. The van der Waals surface area contributed by atoms with E-state index in [9.17, 15) is 18.8 Å². The number of Topliss-reactive ketones (excluding diaryl/α,β-unsaturated/α-hetero) is 1. The highest BCUT2D eigenvalue weighted by Crippen LogP contribution is 2.42. The highest BCUT2D eigenvalue weighted by molar-refractivity contribution is 6.36. The second kappa shape index (κ2) is 11.6. The number of benzene rings is 3. The second-order valence-electron chi connectivity index (χ2n) is 9.92. The molecule has 0 saturated carbocycles. The molecular weight excluding hydrogens is 574 g/mol. The highest BCUT2D eigenvalue weighted by atomic mass is 19.1. The number of halogens is 2. The van der Waals surface area contributed by atoms with Crippen LogP contribution in [0.5, 0.6) is 23.0 Å². The summed E-state index contributed by atoms with van der Waals surface area (Å²) in [5.41, 5.74) is 3.11. The molecule has 3 aromatic carbocycles. The number of fused-ring (bicyclic) bond motifs is 1. The fraction of sp³-hybridized carbons (Fsp3) is 0.188. The van der Waals surface area contributed by atoms with Crippen molar-refractivity contribution in [2.75, 3.05) is 34.8 Å². The number of nitrogens with two attached hydrogens (primary N) is 1. The number of nitrogens with zero attached hydrogens (tertiary/aromatic N) is 2. The van der Waals surface area contributed by atoms with E-state index < -0.39 is 59.4 Å². The maximum atomic E-state index is 15.8. The van der Waals surface area contributed by atoms with Gasteiger partial charge in [0.15, 0.2) is 34.3 Å². The minimum atomic E-state index is -2.92. The predicted molar refractivity (Wildman–Crippen MR) is 157 cm³/mol. The fourth-order valence-corrected chi connectivity index (χ4v) is 5.31. The molecule has 5 rings (SSSR count). The predicted octanol–water partition coefficient (Wildman–Crippen LogP) is 3.72. The summed E-state index contributed by atoms with van der Waals surface area (Å²) in [5.74, 6) is -4.18. The Kier molecular flexibility index (Phi) is 6.91. The summed E-state index contributed by atoms with van der Waals surface area (Å²) in [6.45, 7) is -3.47. The smallest absolute Gasteiger partial charge is 0.268 e.